The molecule has 0 atom stereocenters. The van der Waals surface area contributed by atoms with Gasteiger partial charge in [-0.2, -0.15) is 0 Å². The molecule has 0 N–H and O–H groups in total. The van der Waals surface area contributed by atoms with Gasteiger partial charge in [-0.25, -0.2) is 4.79 Å². The fourth-order valence-electron chi connectivity index (χ4n) is 1.49. The number of benzene rings is 2. The van der Waals surface area contributed by atoms with Crippen molar-refractivity contribution in [1.82, 2.24) is 0 Å². The second kappa shape index (κ2) is 6.86. The molecule has 0 amide bonds. The average molecular weight is 334 g/mol. The van der Waals surface area contributed by atoms with Crippen LogP contribution in [0.5, 0.6) is 5.75 Å². The van der Waals surface area contributed by atoms with Crippen molar-refractivity contribution in [2.45, 2.75) is 0 Å². The summed E-state index contributed by atoms with van der Waals surface area (Å²) in [6, 6.07) is 14.2. The van der Waals surface area contributed by atoms with Crippen molar-refractivity contribution < 1.29 is 14.4 Å². The molecule has 5 heteroatoms. The van der Waals surface area contributed by atoms with Crippen LogP contribution in [0.15, 0.2) is 58.2 Å². The minimum absolute atomic E-state index is 0.436. The second-order valence-electron chi connectivity index (χ2n) is 3.90. The molecule has 0 aliphatic rings. The van der Waals surface area contributed by atoms with E-state index in [1.54, 1.807) is 37.4 Å². The van der Waals surface area contributed by atoms with Crippen LogP contribution in [0.25, 0.3) is 0 Å². The summed E-state index contributed by atoms with van der Waals surface area (Å²) in [7, 11) is 1.60. The maximum absolute atomic E-state index is 11.7. The highest BCUT2D eigenvalue weighted by atomic mass is 79.9. The van der Waals surface area contributed by atoms with Gasteiger partial charge in [-0.05, 0) is 48.0 Å². The molecule has 2 rings (SSSR count). The highest BCUT2D eigenvalue weighted by Crippen LogP contribution is 2.13. The van der Waals surface area contributed by atoms with Gasteiger partial charge in [-0.15, -0.1) is 0 Å². The topological polar surface area (TPSA) is 47.9 Å². The molecule has 0 heterocycles. The first-order valence-corrected chi connectivity index (χ1v) is 6.62. The highest BCUT2D eigenvalue weighted by molar-refractivity contribution is 9.10. The van der Waals surface area contributed by atoms with E-state index >= 15 is 0 Å². The van der Waals surface area contributed by atoms with Crippen LogP contribution in [0.1, 0.15) is 15.9 Å². The molecular weight excluding hydrogens is 322 g/mol. The molecule has 102 valence electrons. The van der Waals surface area contributed by atoms with Gasteiger partial charge in [0, 0.05) is 4.47 Å². The van der Waals surface area contributed by atoms with Crippen LogP contribution >= 0.6 is 15.9 Å². The van der Waals surface area contributed by atoms with E-state index in [4.69, 9.17) is 9.57 Å². The van der Waals surface area contributed by atoms with E-state index in [2.05, 4.69) is 21.1 Å². The molecule has 2 aromatic carbocycles. The summed E-state index contributed by atoms with van der Waals surface area (Å²) in [5.41, 5.74) is 1.25. The van der Waals surface area contributed by atoms with E-state index in [9.17, 15) is 4.79 Å². The van der Waals surface area contributed by atoms with Gasteiger partial charge in [-0.3, -0.25) is 0 Å². The van der Waals surface area contributed by atoms with Gasteiger partial charge >= 0.3 is 5.97 Å². The number of nitrogens with zero attached hydrogens (tertiary/aromatic N) is 1. The summed E-state index contributed by atoms with van der Waals surface area (Å²) >= 11 is 3.29. The quantitative estimate of drug-likeness (QED) is 0.487. The van der Waals surface area contributed by atoms with Crippen molar-refractivity contribution in [3.63, 3.8) is 0 Å². The minimum atomic E-state index is -0.504. The van der Waals surface area contributed by atoms with Crippen molar-refractivity contribution in [3.8, 4) is 5.75 Å². The van der Waals surface area contributed by atoms with Crippen LogP contribution in [0, 0.1) is 0 Å². The lowest BCUT2D eigenvalue weighted by atomic mass is 10.2. The Balaban J connectivity index is 1.97. The fourth-order valence-corrected chi connectivity index (χ4v) is 1.89. The highest BCUT2D eigenvalue weighted by Gasteiger charge is 2.06. The summed E-state index contributed by atoms with van der Waals surface area (Å²) in [5.74, 6) is 0.254. The first-order valence-electron chi connectivity index (χ1n) is 5.83. The summed E-state index contributed by atoms with van der Waals surface area (Å²) < 4.78 is 5.86. The lowest BCUT2D eigenvalue weighted by Gasteiger charge is -1.99. The van der Waals surface area contributed by atoms with Crippen molar-refractivity contribution in [1.29, 1.82) is 0 Å². The summed E-state index contributed by atoms with van der Waals surface area (Å²) in [6.07, 6.45) is 1.47. The zero-order chi connectivity index (χ0) is 14.4. The zero-order valence-electron chi connectivity index (χ0n) is 10.7. The Kier molecular flexibility index (Phi) is 4.90. The molecule has 2 aromatic rings. The number of oxime groups is 1. The summed E-state index contributed by atoms with van der Waals surface area (Å²) in [5, 5.41) is 3.67. The molecule has 0 unspecified atom stereocenters. The SMILES string of the molecule is COc1ccc(/C=N\OC(=O)c2cccc(Br)c2)cc1. The van der Waals surface area contributed by atoms with Crippen LogP contribution in [0.3, 0.4) is 0 Å². The van der Waals surface area contributed by atoms with E-state index < -0.39 is 5.97 Å². The third kappa shape index (κ3) is 3.93. The minimum Gasteiger partial charge on any atom is -0.497 e. The normalized spacial score (nSPS) is 10.5. The Labute approximate surface area is 125 Å². The summed E-state index contributed by atoms with van der Waals surface area (Å²) in [6.45, 7) is 0. The molecule has 0 fully saturated rings. The van der Waals surface area contributed by atoms with E-state index in [0.717, 1.165) is 15.8 Å². The Morgan fingerprint density at radius 3 is 2.60 bits per heavy atom. The first-order chi connectivity index (χ1) is 9.69. The monoisotopic (exact) mass is 333 g/mol. The fraction of sp³-hybridized carbons (Fsp3) is 0.0667. The Bertz CT molecular complexity index is 623. The molecule has 0 aliphatic heterocycles. The van der Waals surface area contributed by atoms with E-state index in [1.807, 2.05) is 18.2 Å². The number of rotatable bonds is 4. The van der Waals surface area contributed by atoms with Crippen LogP contribution in [0.2, 0.25) is 0 Å². The van der Waals surface area contributed by atoms with Gasteiger partial charge in [0.1, 0.15) is 5.75 Å². The zero-order valence-corrected chi connectivity index (χ0v) is 12.3. The maximum atomic E-state index is 11.7. The van der Waals surface area contributed by atoms with Crippen molar-refractivity contribution in [3.05, 3.63) is 64.1 Å². The van der Waals surface area contributed by atoms with E-state index in [0.29, 0.717) is 5.56 Å². The molecule has 0 radical (unpaired) electrons. The molecule has 20 heavy (non-hydrogen) atoms. The first kappa shape index (κ1) is 14.3. The van der Waals surface area contributed by atoms with Crippen molar-refractivity contribution in [2.75, 3.05) is 7.11 Å². The molecule has 0 aliphatic carbocycles. The van der Waals surface area contributed by atoms with Crippen molar-refractivity contribution >= 4 is 28.1 Å². The predicted octanol–water partition coefficient (Wildman–Crippen LogP) is 3.65. The van der Waals surface area contributed by atoms with Crippen LogP contribution in [-0.2, 0) is 4.84 Å². The number of carbonyl (C=O) groups is 1. The Morgan fingerprint density at radius 2 is 1.95 bits per heavy atom. The molecule has 0 aromatic heterocycles. The summed E-state index contributed by atoms with van der Waals surface area (Å²) in [4.78, 5) is 16.5. The standard InChI is InChI=1S/C15H12BrNO3/c1-19-14-7-5-11(6-8-14)10-17-20-15(18)12-3-2-4-13(16)9-12/h2-10H,1H3/b17-10-. The van der Waals surface area contributed by atoms with Gasteiger partial charge in [0.2, 0.25) is 0 Å². The lowest BCUT2D eigenvalue weighted by molar-refractivity contribution is 0.0519. The number of carbonyl (C=O) groups excluding carboxylic acids is 1. The van der Waals surface area contributed by atoms with E-state index in [1.165, 1.54) is 6.21 Å². The molecule has 0 saturated heterocycles. The average Bonchev–Trinajstić information content (AvgIpc) is 2.48. The third-order valence-electron chi connectivity index (χ3n) is 2.51. The molecule has 0 saturated carbocycles. The third-order valence-corrected chi connectivity index (χ3v) is 3.01. The molecule has 0 spiro atoms. The number of methoxy groups -OCH3 is 1. The smallest absolute Gasteiger partial charge is 0.365 e. The van der Waals surface area contributed by atoms with E-state index in [-0.39, 0.29) is 0 Å². The lowest BCUT2D eigenvalue weighted by Crippen LogP contribution is -2.00. The van der Waals surface area contributed by atoms with Gasteiger partial charge < -0.3 is 9.57 Å². The van der Waals surface area contributed by atoms with Gasteiger partial charge in [-0.1, -0.05) is 27.2 Å². The second-order valence-corrected chi connectivity index (χ2v) is 4.81. The number of ether oxygens (including phenoxy) is 1. The number of hydrogen-bond donors (Lipinski definition) is 0. The molecular formula is C15H12BrNO3. The Hall–Kier alpha value is -2.14. The van der Waals surface area contributed by atoms with Crippen molar-refractivity contribution in [2.24, 2.45) is 5.16 Å². The van der Waals surface area contributed by atoms with Gasteiger partial charge in [0.15, 0.2) is 0 Å². The molecule has 0 bridgehead atoms. The van der Waals surface area contributed by atoms with Crippen LogP contribution in [-0.4, -0.2) is 19.3 Å². The van der Waals surface area contributed by atoms with Crippen LogP contribution < -0.4 is 4.74 Å². The Morgan fingerprint density at radius 1 is 1.20 bits per heavy atom. The predicted molar refractivity (Wildman–Crippen MR) is 80.1 cm³/mol. The van der Waals surface area contributed by atoms with Gasteiger partial charge in [0.25, 0.3) is 0 Å². The largest absolute Gasteiger partial charge is 0.497 e. The maximum Gasteiger partial charge on any atom is 0.365 e. The van der Waals surface area contributed by atoms with Gasteiger partial charge in [0.05, 0.1) is 18.9 Å². The number of hydrogen-bond acceptors (Lipinski definition) is 4. The number of halogens is 1. The molecule has 4 nitrogen and oxygen atoms in total. The van der Waals surface area contributed by atoms with Crippen LogP contribution in [0.4, 0.5) is 0 Å².